The number of hydrogen-bond acceptors (Lipinski definition) is 5. The van der Waals surface area contributed by atoms with Crippen LogP contribution in [-0.2, 0) is 7.05 Å². The van der Waals surface area contributed by atoms with Crippen LogP contribution in [0.1, 0.15) is 0 Å². The van der Waals surface area contributed by atoms with Crippen molar-refractivity contribution in [3.05, 3.63) is 53.7 Å². The molecular formula is C21H20BrN7O2. The van der Waals surface area contributed by atoms with Gasteiger partial charge in [0.05, 0.1) is 22.4 Å². The van der Waals surface area contributed by atoms with Crippen LogP contribution in [0.5, 0.6) is 0 Å². The lowest BCUT2D eigenvalue weighted by Gasteiger charge is -2.33. The molecule has 1 fully saturated rings. The molecule has 4 aromatic rings. The minimum Gasteiger partial charge on any atom is -0.465 e. The van der Waals surface area contributed by atoms with Crippen molar-refractivity contribution in [2.75, 3.05) is 31.1 Å². The summed E-state index contributed by atoms with van der Waals surface area (Å²) in [4.78, 5) is 19.3. The van der Waals surface area contributed by atoms with E-state index in [0.29, 0.717) is 26.2 Å². The molecule has 5 rings (SSSR count). The summed E-state index contributed by atoms with van der Waals surface area (Å²) >= 11 is 3.61. The molecule has 0 bridgehead atoms. The molecule has 0 unspecified atom stereocenters. The van der Waals surface area contributed by atoms with Gasteiger partial charge in [0, 0.05) is 74.1 Å². The average molecular weight is 482 g/mol. The molecule has 1 amide bonds. The number of hydrogen-bond donors (Lipinski definition) is 1. The second-order valence-corrected chi connectivity index (χ2v) is 8.35. The lowest BCUT2D eigenvalue weighted by Crippen LogP contribution is -2.48. The Bertz CT molecular complexity index is 1260. The van der Waals surface area contributed by atoms with E-state index >= 15 is 0 Å². The third-order valence-corrected chi connectivity index (χ3v) is 6.12. The zero-order chi connectivity index (χ0) is 21.5. The van der Waals surface area contributed by atoms with Gasteiger partial charge in [0.15, 0.2) is 0 Å². The Morgan fingerprint density at radius 2 is 1.81 bits per heavy atom. The van der Waals surface area contributed by atoms with Crippen LogP contribution in [-0.4, -0.2) is 66.7 Å². The number of amides is 1. The summed E-state index contributed by atoms with van der Waals surface area (Å²) in [5.74, 6) is 0.848. The number of carbonyl (C=O) groups is 1. The maximum Gasteiger partial charge on any atom is 0.407 e. The van der Waals surface area contributed by atoms with E-state index in [-0.39, 0.29) is 0 Å². The highest BCUT2D eigenvalue weighted by molar-refractivity contribution is 9.10. The molecule has 10 heteroatoms. The summed E-state index contributed by atoms with van der Waals surface area (Å²) in [6.07, 6.45) is 8.58. The molecule has 0 spiro atoms. The van der Waals surface area contributed by atoms with E-state index in [1.165, 1.54) is 4.90 Å². The standard InChI is InChI=1S/C21H20BrN7O2/c1-26-12-16(10-24-26)15-8-17(20-18(22)11-25-29(20)13-15)14-2-3-19(23-9-14)27-4-6-28(7-5-27)21(30)31/h2-3,8-13H,4-7H2,1H3,(H,30,31). The Morgan fingerprint density at radius 3 is 2.45 bits per heavy atom. The van der Waals surface area contributed by atoms with Gasteiger partial charge in [-0.3, -0.25) is 4.68 Å². The highest BCUT2D eigenvalue weighted by atomic mass is 79.9. The molecule has 0 saturated carbocycles. The van der Waals surface area contributed by atoms with Crippen molar-refractivity contribution in [3.63, 3.8) is 0 Å². The SMILES string of the molecule is Cn1cc(-c2cc(-c3ccc(N4CCN(C(=O)O)CC4)nc3)c3c(Br)cnn3c2)cn1. The first-order chi connectivity index (χ1) is 15.0. The number of aromatic nitrogens is 5. The van der Waals surface area contributed by atoms with Gasteiger partial charge in [-0.1, -0.05) is 0 Å². The van der Waals surface area contributed by atoms with Crippen molar-refractivity contribution in [3.8, 4) is 22.3 Å². The number of nitrogens with zero attached hydrogens (tertiary/aromatic N) is 7. The third kappa shape index (κ3) is 3.63. The van der Waals surface area contributed by atoms with Gasteiger partial charge in [-0.25, -0.2) is 14.3 Å². The van der Waals surface area contributed by atoms with E-state index in [9.17, 15) is 4.79 Å². The van der Waals surface area contributed by atoms with E-state index < -0.39 is 6.09 Å². The number of carboxylic acid groups (broad SMARTS) is 1. The first kappa shape index (κ1) is 19.6. The second kappa shape index (κ2) is 7.69. The first-order valence-corrected chi connectivity index (χ1v) is 10.6. The van der Waals surface area contributed by atoms with E-state index in [2.05, 4.69) is 42.1 Å². The molecular weight excluding hydrogens is 462 g/mol. The maximum atomic E-state index is 11.1. The minimum absolute atomic E-state index is 0.481. The van der Waals surface area contributed by atoms with Crippen LogP contribution in [0.2, 0.25) is 0 Å². The Labute approximate surface area is 186 Å². The quantitative estimate of drug-likeness (QED) is 0.482. The average Bonchev–Trinajstić information content (AvgIpc) is 3.39. The lowest BCUT2D eigenvalue weighted by atomic mass is 10.0. The summed E-state index contributed by atoms with van der Waals surface area (Å²) in [6, 6.07) is 6.16. The van der Waals surface area contributed by atoms with Crippen molar-refractivity contribution >= 4 is 33.4 Å². The molecule has 0 radical (unpaired) electrons. The van der Waals surface area contributed by atoms with Gasteiger partial charge in [-0.15, -0.1) is 0 Å². The van der Waals surface area contributed by atoms with E-state index in [1.807, 2.05) is 48.5 Å². The number of anilines is 1. The van der Waals surface area contributed by atoms with Gasteiger partial charge in [0.25, 0.3) is 0 Å². The number of fused-ring (bicyclic) bond motifs is 1. The lowest BCUT2D eigenvalue weighted by molar-refractivity contribution is 0.142. The van der Waals surface area contributed by atoms with E-state index in [4.69, 9.17) is 5.11 Å². The molecule has 0 aromatic carbocycles. The third-order valence-electron chi connectivity index (χ3n) is 5.54. The van der Waals surface area contributed by atoms with Gasteiger partial charge in [0.1, 0.15) is 5.82 Å². The summed E-state index contributed by atoms with van der Waals surface area (Å²) in [5, 5.41) is 17.9. The van der Waals surface area contributed by atoms with Crippen molar-refractivity contribution in [1.29, 1.82) is 0 Å². The van der Waals surface area contributed by atoms with Gasteiger partial charge < -0.3 is 14.9 Å². The molecule has 1 N–H and O–H groups in total. The van der Waals surface area contributed by atoms with Gasteiger partial charge in [-0.2, -0.15) is 10.2 Å². The molecule has 1 saturated heterocycles. The number of piperazine rings is 1. The largest absolute Gasteiger partial charge is 0.465 e. The molecule has 158 valence electrons. The Hall–Kier alpha value is -3.40. The molecule has 9 nitrogen and oxygen atoms in total. The fourth-order valence-corrected chi connectivity index (χ4v) is 4.38. The predicted octanol–water partition coefficient (Wildman–Crippen LogP) is 3.36. The molecule has 5 heterocycles. The van der Waals surface area contributed by atoms with Crippen molar-refractivity contribution in [2.45, 2.75) is 0 Å². The van der Waals surface area contributed by atoms with Crippen molar-refractivity contribution in [1.82, 2.24) is 29.3 Å². The van der Waals surface area contributed by atoms with Crippen LogP contribution in [0.3, 0.4) is 0 Å². The van der Waals surface area contributed by atoms with Crippen LogP contribution < -0.4 is 4.90 Å². The number of halogens is 1. The number of aryl methyl sites for hydroxylation is 1. The second-order valence-electron chi connectivity index (χ2n) is 7.49. The van der Waals surface area contributed by atoms with Crippen LogP contribution in [0, 0.1) is 0 Å². The van der Waals surface area contributed by atoms with Crippen LogP contribution in [0.4, 0.5) is 10.6 Å². The minimum atomic E-state index is -0.869. The molecule has 31 heavy (non-hydrogen) atoms. The predicted molar refractivity (Wildman–Crippen MR) is 120 cm³/mol. The van der Waals surface area contributed by atoms with Crippen molar-refractivity contribution < 1.29 is 9.90 Å². The first-order valence-electron chi connectivity index (χ1n) is 9.85. The van der Waals surface area contributed by atoms with Crippen molar-refractivity contribution in [2.24, 2.45) is 7.05 Å². The fourth-order valence-electron chi connectivity index (χ4n) is 3.89. The monoisotopic (exact) mass is 481 g/mol. The van der Waals surface area contributed by atoms with E-state index in [1.54, 1.807) is 10.9 Å². The zero-order valence-corrected chi connectivity index (χ0v) is 18.4. The van der Waals surface area contributed by atoms with Gasteiger partial charge in [0.2, 0.25) is 0 Å². The molecule has 0 atom stereocenters. The van der Waals surface area contributed by atoms with Gasteiger partial charge in [-0.05, 0) is 34.1 Å². The normalized spacial score (nSPS) is 14.4. The fraction of sp³-hybridized carbons (Fsp3) is 0.238. The van der Waals surface area contributed by atoms with Crippen LogP contribution in [0.15, 0.2) is 53.7 Å². The smallest absolute Gasteiger partial charge is 0.407 e. The topological polar surface area (TPSA) is 91.8 Å². The summed E-state index contributed by atoms with van der Waals surface area (Å²) < 4.78 is 4.55. The summed E-state index contributed by atoms with van der Waals surface area (Å²) in [5.41, 5.74) is 4.99. The summed E-state index contributed by atoms with van der Waals surface area (Å²) in [6.45, 7) is 2.23. The molecule has 1 aliphatic rings. The van der Waals surface area contributed by atoms with Crippen LogP contribution >= 0.6 is 15.9 Å². The Morgan fingerprint density at radius 1 is 1.00 bits per heavy atom. The maximum absolute atomic E-state index is 11.1. The highest BCUT2D eigenvalue weighted by Crippen LogP contribution is 2.34. The Balaban J connectivity index is 1.49. The summed E-state index contributed by atoms with van der Waals surface area (Å²) in [7, 11) is 1.90. The number of rotatable bonds is 3. The molecule has 1 aliphatic heterocycles. The van der Waals surface area contributed by atoms with E-state index in [0.717, 1.165) is 38.1 Å². The number of pyridine rings is 2. The van der Waals surface area contributed by atoms with Gasteiger partial charge >= 0.3 is 6.09 Å². The molecule has 0 aliphatic carbocycles. The highest BCUT2D eigenvalue weighted by Gasteiger charge is 2.21. The van der Waals surface area contributed by atoms with Crippen LogP contribution in [0.25, 0.3) is 27.8 Å². The zero-order valence-electron chi connectivity index (χ0n) is 16.8. The Kier molecular flexibility index (Phi) is 4.85. The molecule has 4 aromatic heterocycles.